The number of nitrogens with two attached hydrogens (primary N) is 1. The smallest absolute Gasteiger partial charge is 0.222 e. The number of hydrogen-bond donors (Lipinski definition) is 1. The molecule has 2 N–H and O–H groups in total. The van der Waals surface area contributed by atoms with Crippen LogP contribution in [0.3, 0.4) is 0 Å². The van der Waals surface area contributed by atoms with E-state index in [9.17, 15) is 9.59 Å². The maximum atomic E-state index is 13.2. The second-order valence-corrected chi connectivity index (χ2v) is 8.31. The summed E-state index contributed by atoms with van der Waals surface area (Å²) in [4.78, 5) is 31.8. The van der Waals surface area contributed by atoms with Gasteiger partial charge in [-0.2, -0.15) is 5.10 Å². The Bertz CT molecular complexity index is 1090. The molecule has 0 bridgehead atoms. The van der Waals surface area contributed by atoms with Crippen LogP contribution in [0.25, 0.3) is 5.69 Å². The average molecular weight is 448 g/mol. The second-order valence-electron chi connectivity index (χ2n) is 8.31. The molecule has 33 heavy (non-hydrogen) atoms. The van der Waals surface area contributed by atoms with Crippen LogP contribution in [-0.2, 0) is 11.2 Å². The molecule has 0 spiro atoms. The van der Waals surface area contributed by atoms with Crippen molar-refractivity contribution in [3.63, 3.8) is 0 Å². The lowest BCUT2D eigenvalue weighted by Gasteiger charge is -2.32. The first kappa shape index (κ1) is 22.5. The lowest BCUT2D eigenvalue weighted by Crippen LogP contribution is -2.42. The summed E-state index contributed by atoms with van der Waals surface area (Å²) in [6.07, 6.45) is 8.69. The fourth-order valence-corrected chi connectivity index (χ4v) is 4.27. The van der Waals surface area contributed by atoms with Crippen molar-refractivity contribution in [3.8, 4) is 11.4 Å². The van der Waals surface area contributed by atoms with E-state index in [1.807, 2.05) is 41.3 Å². The van der Waals surface area contributed by atoms with Gasteiger partial charge < -0.3 is 15.4 Å². The zero-order valence-corrected chi connectivity index (χ0v) is 18.8. The minimum Gasteiger partial charge on any atom is -0.497 e. The van der Waals surface area contributed by atoms with Gasteiger partial charge in [0.25, 0.3) is 0 Å². The lowest BCUT2D eigenvalue weighted by molar-refractivity contribution is -0.132. The molecule has 8 nitrogen and oxygen atoms in total. The van der Waals surface area contributed by atoms with Crippen LogP contribution < -0.4 is 10.5 Å². The highest BCUT2D eigenvalue weighted by atomic mass is 16.5. The third kappa shape index (κ3) is 5.22. The summed E-state index contributed by atoms with van der Waals surface area (Å²) in [6.45, 7) is 1.12. The molecule has 2 aromatic heterocycles. The van der Waals surface area contributed by atoms with Crippen LogP contribution >= 0.6 is 0 Å². The van der Waals surface area contributed by atoms with Crippen molar-refractivity contribution in [1.82, 2.24) is 19.7 Å². The standard InChI is InChI=1S/C25H29N5O3/c1-33-21-9-7-20(8-10-21)30-25(26)22(16-28-30)24(32)19-5-3-15-29(17-19)23(31)6-2-4-18-11-13-27-14-12-18/h7-14,16,19H,2-6,15,17,26H2,1H3/t19-/m1/s1. The first-order valence-corrected chi connectivity index (χ1v) is 11.3. The molecule has 172 valence electrons. The lowest BCUT2D eigenvalue weighted by atomic mass is 9.90. The number of methoxy groups -OCH3 is 1. The fourth-order valence-electron chi connectivity index (χ4n) is 4.27. The topological polar surface area (TPSA) is 103 Å². The van der Waals surface area contributed by atoms with Gasteiger partial charge in [-0.25, -0.2) is 4.68 Å². The summed E-state index contributed by atoms with van der Waals surface area (Å²) in [6, 6.07) is 11.2. The van der Waals surface area contributed by atoms with Crippen LogP contribution in [0, 0.1) is 5.92 Å². The summed E-state index contributed by atoms with van der Waals surface area (Å²) in [5.41, 5.74) is 8.62. The number of amides is 1. The number of piperidine rings is 1. The van der Waals surface area contributed by atoms with E-state index < -0.39 is 0 Å². The van der Waals surface area contributed by atoms with Gasteiger partial charge in [0, 0.05) is 37.8 Å². The van der Waals surface area contributed by atoms with E-state index >= 15 is 0 Å². The Balaban J connectivity index is 1.37. The molecular weight excluding hydrogens is 418 g/mol. The van der Waals surface area contributed by atoms with Crippen LogP contribution in [-0.4, -0.2) is 51.6 Å². The van der Waals surface area contributed by atoms with Gasteiger partial charge in [-0.05, 0) is 67.6 Å². The number of pyridine rings is 1. The van der Waals surface area contributed by atoms with E-state index in [2.05, 4.69) is 10.1 Å². The molecule has 3 aromatic rings. The van der Waals surface area contributed by atoms with Crippen molar-refractivity contribution in [2.24, 2.45) is 5.92 Å². The minimum atomic E-state index is -0.265. The van der Waals surface area contributed by atoms with E-state index in [0.717, 1.165) is 37.1 Å². The van der Waals surface area contributed by atoms with Gasteiger partial charge in [0.15, 0.2) is 5.78 Å². The number of ketones is 1. The molecular formula is C25H29N5O3. The fraction of sp³-hybridized carbons (Fsp3) is 0.360. The number of Topliss-reactive ketones (excluding diaryl/α,β-unsaturated/α-hetero) is 1. The largest absolute Gasteiger partial charge is 0.497 e. The third-order valence-electron chi connectivity index (χ3n) is 6.14. The first-order valence-electron chi connectivity index (χ1n) is 11.3. The number of benzene rings is 1. The van der Waals surface area contributed by atoms with Crippen molar-refractivity contribution >= 4 is 17.5 Å². The number of nitrogen functional groups attached to an aromatic ring is 1. The number of aromatic nitrogens is 3. The van der Waals surface area contributed by atoms with E-state index in [4.69, 9.17) is 10.5 Å². The molecule has 1 fully saturated rings. The summed E-state index contributed by atoms with van der Waals surface area (Å²) >= 11 is 0. The van der Waals surface area contributed by atoms with Crippen molar-refractivity contribution in [2.75, 3.05) is 25.9 Å². The van der Waals surface area contributed by atoms with Gasteiger partial charge >= 0.3 is 0 Å². The number of nitrogens with zero attached hydrogens (tertiary/aromatic N) is 4. The predicted molar refractivity (Wildman–Crippen MR) is 125 cm³/mol. The molecule has 1 aromatic carbocycles. The Kier molecular flexibility index (Phi) is 7.02. The van der Waals surface area contributed by atoms with Gasteiger partial charge in [-0.3, -0.25) is 14.6 Å². The van der Waals surface area contributed by atoms with Gasteiger partial charge in [0.05, 0.1) is 24.6 Å². The van der Waals surface area contributed by atoms with Crippen LogP contribution in [0.15, 0.2) is 55.0 Å². The summed E-state index contributed by atoms with van der Waals surface area (Å²) in [5.74, 6) is 0.822. The van der Waals surface area contributed by atoms with Gasteiger partial charge in [0.2, 0.25) is 5.91 Å². The van der Waals surface area contributed by atoms with Crippen molar-refractivity contribution in [1.29, 1.82) is 0 Å². The van der Waals surface area contributed by atoms with Gasteiger partial charge in [0.1, 0.15) is 11.6 Å². The van der Waals surface area contributed by atoms with Crippen LogP contribution in [0.2, 0.25) is 0 Å². The number of rotatable bonds is 8. The van der Waals surface area contributed by atoms with Crippen molar-refractivity contribution in [3.05, 3.63) is 66.1 Å². The van der Waals surface area contributed by atoms with Crippen LogP contribution in [0.5, 0.6) is 5.75 Å². The van der Waals surface area contributed by atoms with E-state index in [1.54, 1.807) is 24.2 Å². The number of ether oxygens (including phenoxy) is 1. The first-order chi connectivity index (χ1) is 16.1. The van der Waals surface area contributed by atoms with Crippen molar-refractivity contribution < 1.29 is 14.3 Å². The Morgan fingerprint density at radius 2 is 1.91 bits per heavy atom. The van der Waals surface area contributed by atoms with Crippen LogP contribution in [0.4, 0.5) is 5.82 Å². The molecule has 1 amide bonds. The molecule has 0 aliphatic carbocycles. The molecule has 1 atom stereocenters. The second kappa shape index (κ2) is 10.3. The number of hydrogen-bond acceptors (Lipinski definition) is 6. The average Bonchev–Trinajstić information content (AvgIpc) is 3.25. The summed E-state index contributed by atoms with van der Waals surface area (Å²) < 4.78 is 6.74. The normalized spacial score (nSPS) is 15.9. The number of aryl methyl sites for hydroxylation is 1. The molecule has 1 aliphatic heterocycles. The molecule has 0 radical (unpaired) electrons. The Hall–Kier alpha value is -3.68. The van der Waals surface area contributed by atoms with E-state index in [-0.39, 0.29) is 17.6 Å². The highest BCUT2D eigenvalue weighted by Gasteiger charge is 2.31. The molecule has 0 unspecified atom stereocenters. The van der Waals surface area contributed by atoms with E-state index in [0.29, 0.717) is 30.9 Å². The monoisotopic (exact) mass is 447 g/mol. The molecule has 4 rings (SSSR count). The summed E-state index contributed by atoms with van der Waals surface area (Å²) in [7, 11) is 1.60. The SMILES string of the molecule is COc1ccc(-n2ncc(C(=O)[C@@H]3CCCN(C(=O)CCCc4ccncc4)C3)c2N)cc1. The Morgan fingerprint density at radius 3 is 2.64 bits per heavy atom. The quantitative estimate of drug-likeness (QED) is 0.532. The number of anilines is 1. The number of carbonyl (C=O) groups excluding carboxylic acids is 2. The molecule has 1 saturated heterocycles. The molecule has 3 heterocycles. The highest BCUT2D eigenvalue weighted by molar-refractivity contribution is 6.02. The summed E-state index contributed by atoms with van der Waals surface area (Å²) in [5, 5.41) is 4.33. The maximum Gasteiger partial charge on any atom is 0.222 e. The van der Waals surface area contributed by atoms with Crippen LogP contribution in [0.1, 0.15) is 41.6 Å². The molecule has 8 heteroatoms. The number of likely N-dealkylation sites (tertiary alicyclic amines) is 1. The molecule has 0 saturated carbocycles. The predicted octanol–water partition coefficient (Wildman–Crippen LogP) is 3.30. The van der Waals surface area contributed by atoms with Gasteiger partial charge in [-0.15, -0.1) is 0 Å². The van der Waals surface area contributed by atoms with Crippen molar-refractivity contribution in [2.45, 2.75) is 32.1 Å². The minimum absolute atomic E-state index is 0.0541. The number of carbonyl (C=O) groups is 2. The Morgan fingerprint density at radius 1 is 1.15 bits per heavy atom. The van der Waals surface area contributed by atoms with Gasteiger partial charge in [-0.1, -0.05) is 0 Å². The highest BCUT2D eigenvalue weighted by Crippen LogP contribution is 2.26. The maximum absolute atomic E-state index is 13.2. The molecule has 1 aliphatic rings. The zero-order chi connectivity index (χ0) is 23.2. The zero-order valence-electron chi connectivity index (χ0n) is 18.8. The van der Waals surface area contributed by atoms with E-state index in [1.165, 1.54) is 11.8 Å². The Labute approximate surface area is 193 Å². The third-order valence-corrected chi connectivity index (χ3v) is 6.14.